The van der Waals surface area contributed by atoms with Crippen molar-refractivity contribution in [3.8, 4) is 5.75 Å². The molecule has 5 nitrogen and oxygen atoms in total. The Balaban J connectivity index is 1.98. The zero-order chi connectivity index (χ0) is 21.4. The highest BCUT2D eigenvalue weighted by atomic mass is 79.9. The molecule has 0 aromatic heterocycles. The van der Waals surface area contributed by atoms with Gasteiger partial charge in [-0.1, -0.05) is 40.2 Å². The van der Waals surface area contributed by atoms with Crippen molar-refractivity contribution >= 4 is 33.4 Å². The Labute approximate surface area is 183 Å². The quantitative estimate of drug-likeness (QED) is 0.628. The molecule has 0 fully saturated rings. The second kappa shape index (κ2) is 8.11. The van der Waals surface area contributed by atoms with Crippen LogP contribution in [0.15, 0.2) is 63.8 Å². The molecule has 0 saturated carbocycles. The minimum absolute atomic E-state index is 0.0881. The topological polar surface area (TPSA) is 64.6 Å². The number of benzene rings is 2. The molecule has 0 bridgehead atoms. The maximum Gasteiger partial charge on any atom is 0.336 e. The fraction of sp³-hybridized carbons (Fsp3) is 0.250. The Hall–Kier alpha value is -2.86. The summed E-state index contributed by atoms with van der Waals surface area (Å²) >= 11 is 3.53. The van der Waals surface area contributed by atoms with E-state index < -0.39 is 11.9 Å². The van der Waals surface area contributed by atoms with Gasteiger partial charge in [0.15, 0.2) is 5.78 Å². The van der Waals surface area contributed by atoms with Crippen molar-refractivity contribution in [3.05, 3.63) is 80.5 Å². The van der Waals surface area contributed by atoms with Gasteiger partial charge < -0.3 is 14.8 Å². The summed E-state index contributed by atoms with van der Waals surface area (Å²) in [7, 11) is 0. The SMILES string of the molecule is CCOC(=O)C1=C(C)NC2=C(C(=O)c3ccccc32)[C@@H]1c1cc(Br)ccc1OCC. The first-order valence-corrected chi connectivity index (χ1v) is 10.7. The first-order valence-electron chi connectivity index (χ1n) is 9.93. The molecule has 30 heavy (non-hydrogen) atoms. The number of ketones is 1. The summed E-state index contributed by atoms with van der Waals surface area (Å²) in [5, 5.41) is 3.31. The highest BCUT2D eigenvalue weighted by Crippen LogP contribution is 2.49. The Bertz CT molecular complexity index is 1120. The number of dihydropyridines is 1. The third-order valence-electron chi connectivity index (χ3n) is 5.33. The van der Waals surface area contributed by atoms with Gasteiger partial charge in [-0.05, 0) is 39.0 Å². The van der Waals surface area contributed by atoms with Crippen molar-refractivity contribution in [2.45, 2.75) is 26.7 Å². The minimum Gasteiger partial charge on any atom is -0.494 e. The molecule has 0 saturated heterocycles. The zero-order valence-electron chi connectivity index (χ0n) is 17.0. The number of ether oxygens (including phenoxy) is 2. The van der Waals surface area contributed by atoms with Gasteiger partial charge in [0.1, 0.15) is 5.75 Å². The first-order chi connectivity index (χ1) is 14.5. The number of carbonyl (C=O) groups is 2. The lowest BCUT2D eigenvalue weighted by atomic mass is 9.79. The van der Waals surface area contributed by atoms with Crippen molar-refractivity contribution in [3.63, 3.8) is 0 Å². The second-order valence-corrected chi connectivity index (χ2v) is 8.01. The van der Waals surface area contributed by atoms with Crippen LogP contribution in [0.4, 0.5) is 0 Å². The Morgan fingerprint density at radius 2 is 1.83 bits per heavy atom. The number of rotatable bonds is 5. The number of nitrogens with one attached hydrogen (secondary N) is 1. The number of fused-ring (bicyclic) bond motifs is 2. The number of carbonyl (C=O) groups excluding carboxylic acids is 2. The molecule has 1 aliphatic heterocycles. The average molecular weight is 468 g/mol. The molecule has 4 rings (SSSR count). The van der Waals surface area contributed by atoms with E-state index in [1.54, 1.807) is 6.92 Å². The molecule has 0 amide bonds. The molecule has 1 atom stereocenters. The van der Waals surface area contributed by atoms with Crippen LogP contribution < -0.4 is 10.1 Å². The number of allylic oxidation sites excluding steroid dienone is 2. The van der Waals surface area contributed by atoms with Gasteiger partial charge in [-0.3, -0.25) is 4.79 Å². The summed E-state index contributed by atoms with van der Waals surface area (Å²) in [5.74, 6) is -0.489. The molecule has 6 heteroatoms. The van der Waals surface area contributed by atoms with Crippen LogP contribution in [-0.2, 0) is 9.53 Å². The minimum atomic E-state index is -0.598. The predicted molar refractivity (Wildman–Crippen MR) is 118 cm³/mol. The van der Waals surface area contributed by atoms with Crippen molar-refractivity contribution in [2.24, 2.45) is 0 Å². The van der Waals surface area contributed by atoms with E-state index in [9.17, 15) is 9.59 Å². The lowest BCUT2D eigenvalue weighted by Gasteiger charge is -2.30. The molecular formula is C24H22BrNO4. The maximum atomic E-state index is 13.5. The van der Waals surface area contributed by atoms with Gasteiger partial charge in [-0.15, -0.1) is 0 Å². The molecule has 1 aliphatic carbocycles. The van der Waals surface area contributed by atoms with E-state index in [4.69, 9.17) is 9.47 Å². The third-order valence-corrected chi connectivity index (χ3v) is 5.82. The Morgan fingerprint density at radius 3 is 2.53 bits per heavy atom. The molecule has 2 aromatic rings. The second-order valence-electron chi connectivity index (χ2n) is 7.10. The van der Waals surface area contributed by atoms with Crippen molar-refractivity contribution in [1.29, 1.82) is 0 Å². The number of esters is 1. The summed E-state index contributed by atoms with van der Waals surface area (Å²) in [6, 6.07) is 13.1. The number of hydrogen-bond donors (Lipinski definition) is 1. The molecule has 0 unspecified atom stereocenters. The normalized spacial score (nSPS) is 17.5. The van der Waals surface area contributed by atoms with Crippen LogP contribution in [0.3, 0.4) is 0 Å². The van der Waals surface area contributed by atoms with E-state index in [0.29, 0.717) is 34.8 Å². The summed E-state index contributed by atoms with van der Waals surface area (Å²) < 4.78 is 12.1. The van der Waals surface area contributed by atoms with Gasteiger partial charge in [0.05, 0.1) is 30.4 Å². The van der Waals surface area contributed by atoms with Gasteiger partial charge in [0.25, 0.3) is 0 Å². The van der Waals surface area contributed by atoms with Crippen LogP contribution >= 0.6 is 15.9 Å². The lowest BCUT2D eigenvalue weighted by molar-refractivity contribution is -0.138. The number of hydrogen-bond acceptors (Lipinski definition) is 5. The van der Waals surface area contributed by atoms with Crippen molar-refractivity contribution < 1.29 is 19.1 Å². The molecular weight excluding hydrogens is 446 g/mol. The summed E-state index contributed by atoms with van der Waals surface area (Å²) in [6.45, 7) is 6.23. The van der Waals surface area contributed by atoms with E-state index in [2.05, 4.69) is 21.2 Å². The monoisotopic (exact) mass is 467 g/mol. The zero-order valence-corrected chi connectivity index (χ0v) is 18.6. The molecule has 0 radical (unpaired) electrons. The standard InChI is InChI=1S/C24H22BrNO4/c1-4-29-18-11-10-14(25)12-17(18)20-19(24(28)30-5-2)13(3)26-22-15-8-6-7-9-16(15)23(27)21(20)22/h6-12,20,26H,4-5H2,1-3H3/t20-/m1/s1. The lowest BCUT2D eigenvalue weighted by Crippen LogP contribution is -2.29. The average Bonchev–Trinajstić information content (AvgIpc) is 3.01. The van der Waals surface area contributed by atoms with Gasteiger partial charge in [-0.2, -0.15) is 0 Å². The van der Waals surface area contributed by atoms with Crippen LogP contribution in [0.1, 0.15) is 48.2 Å². The predicted octanol–water partition coefficient (Wildman–Crippen LogP) is 4.98. The van der Waals surface area contributed by atoms with Crippen LogP contribution in [0, 0.1) is 0 Å². The molecule has 2 aromatic carbocycles. The Kier molecular flexibility index (Phi) is 5.52. The third kappa shape index (κ3) is 3.25. The highest BCUT2D eigenvalue weighted by molar-refractivity contribution is 9.10. The van der Waals surface area contributed by atoms with Gasteiger partial charge >= 0.3 is 5.97 Å². The molecule has 1 N–H and O–H groups in total. The van der Waals surface area contributed by atoms with Gasteiger partial charge in [-0.25, -0.2) is 4.79 Å². The van der Waals surface area contributed by atoms with Gasteiger partial charge in [0, 0.05) is 32.4 Å². The Morgan fingerprint density at radius 1 is 1.10 bits per heavy atom. The number of Topliss-reactive ketones (excluding diaryl/α,β-unsaturated/α-hetero) is 1. The fourth-order valence-corrected chi connectivity index (χ4v) is 4.53. The molecule has 154 valence electrons. The van der Waals surface area contributed by atoms with Crippen LogP contribution in [0.5, 0.6) is 5.75 Å². The molecule has 2 aliphatic rings. The van der Waals surface area contributed by atoms with E-state index >= 15 is 0 Å². The largest absolute Gasteiger partial charge is 0.494 e. The van der Waals surface area contributed by atoms with Gasteiger partial charge in [0.2, 0.25) is 0 Å². The highest BCUT2D eigenvalue weighted by Gasteiger charge is 2.43. The summed E-state index contributed by atoms with van der Waals surface area (Å²) in [5.41, 5.74) is 4.62. The van der Waals surface area contributed by atoms with E-state index in [-0.39, 0.29) is 12.4 Å². The van der Waals surface area contributed by atoms with Crippen LogP contribution in [-0.4, -0.2) is 25.0 Å². The van der Waals surface area contributed by atoms with Crippen molar-refractivity contribution in [2.75, 3.05) is 13.2 Å². The van der Waals surface area contributed by atoms with Crippen LogP contribution in [0.25, 0.3) is 5.70 Å². The number of halogens is 1. The van der Waals surface area contributed by atoms with Crippen LogP contribution in [0.2, 0.25) is 0 Å². The van der Waals surface area contributed by atoms with E-state index in [0.717, 1.165) is 21.3 Å². The smallest absolute Gasteiger partial charge is 0.336 e. The van der Waals surface area contributed by atoms with E-state index in [1.807, 2.05) is 56.3 Å². The van der Waals surface area contributed by atoms with E-state index in [1.165, 1.54) is 0 Å². The summed E-state index contributed by atoms with van der Waals surface area (Å²) in [6.07, 6.45) is 0. The fourth-order valence-electron chi connectivity index (χ4n) is 4.15. The van der Waals surface area contributed by atoms with Crippen molar-refractivity contribution in [1.82, 2.24) is 5.32 Å². The molecule has 1 heterocycles. The first kappa shape index (κ1) is 20.4. The molecule has 0 spiro atoms. The maximum absolute atomic E-state index is 13.5. The summed E-state index contributed by atoms with van der Waals surface area (Å²) in [4.78, 5) is 26.5.